The molecule has 8 atom stereocenters. The third kappa shape index (κ3) is 6.60. The van der Waals surface area contributed by atoms with Gasteiger partial charge in [-0.3, -0.25) is 23.9 Å². The first-order valence-electron chi connectivity index (χ1n) is 14.7. The Labute approximate surface area is 243 Å². The highest BCUT2D eigenvalue weighted by molar-refractivity contribution is 5.71. The van der Waals surface area contributed by atoms with Crippen LogP contribution in [0, 0.1) is 22.7 Å². The van der Waals surface area contributed by atoms with E-state index in [2.05, 4.69) is 27.0 Å². The Bertz CT molecular complexity index is 1080. The van der Waals surface area contributed by atoms with Crippen LogP contribution in [0.15, 0.2) is 36.5 Å². The second-order valence-electron chi connectivity index (χ2n) is 11.9. The van der Waals surface area contributed by atoms with Crippen molar-refractivity contribution in [2.75, 3.05) is 0 Å². The zero-order valence-electron chi connectivity index (χ0n) is 25.4. The van der Waals surface area contributed by atoms with Crippen LogP contribution in [0.5, 0.6) is 0 Å². The van der Waals surface area contributed by atoms with Gasteiger partial charge in [0.05, 0.1) is 0 Å². The Morgan fingerprint density at radius 2 is 1.59 bits per heavy atom. The van der Waals surface area contributed by atoms with Gasteiger partial charge in [0.2, 0.25) is 12.6 Å². The monoisotopic (exact) mass is 574 g/mol. The predicted octanol–water partition coefficient (Wildman–Crippen LogP) is 5.72. The van der Waals surface area contributed by atoms with Crippen molar-refractivity contribution in [1.82, 2.24) is 0 Å². The average Bonchev–Trinajstić information content (AvgIpc) is 3.17. The number of ether oxygens (including phenoxy) is 5. The van der Waals surface area contributed by atoms with Gasteiger partial charge < -0.3 is 18.9 Å². The van der Waals surface area contributed by atoms with E-state index in [1.807, 2.05) is 13.8 Å². The lowest BCUT2D eigenvalue weighted by molar-refractivity contribution is -0.258. The van der Waals surface area contributed by atoms with E-state index in [-0.39, 0.29) is 30.6 Å². The van der Waals surface area contributed by atoms with Crippen LogP contribution in [0.1, 0.15) is 92.9 Å². The summed E-state index contributed by atoms with van der Waals surface area (Å²) >= 11 is 0. The average molecular weight is 575 g/mol. The van der Waals surface area contributed by atoms with Crippen molar-refractivity contribution >= 4 is 23.9 Å². The SMILES string of the molecule is C=CC(=C)CC[C@]1(C)[C@H]2C[C@H](OC(C)=O)C=C3[C@H](OC(=O)CCC)O[C@H](OC(C)=O)[C@@]32[C@H](OC(=O)CCC)C[C@@H]1C. The molecule has 228 valence electrons. The molecule has 3 rings (SSSR count). The fourth-order valence-corrected chi connectivity index (χ4v) is 6.99. The van der Waals surface area contributed by atoms with Crippen molar-refractivity contribution in [3.05, 3.63) is 36.5 Å². The maximum absolute atomic E-state index is 13.0. The number of rotatable bonds is 12. The summed E-state index contributed by atoms with van der Waals surface area (Å²) in [5, 5.41) is 0. The van der Waals surface area contributed by atoms with E-state index in [4.69, 9.17) is 23.7 Å². The number of esters is 4. The molecule has 1 saturated carbocycles. The number of allylic oxidation sites excluding steroid dienone is 2. The Balaban J connectivity index is 2.27. The fraction of sp³-hybridized carbons (Fsp3) is 0.688. The second kappa shape index (κ2) is 13.4. The molecule has 1 saturated heterocycles. The highest BCUT2D eigenvalue weighted by atomic mass is 16.8. The molecule has 0 bridgehead atoms. The topological polar surface area (TPSA) is 114 Å². The van der Waals surface area contributed by atoms with Gasteiger partial charge in [-0.1, -0.05) is 52.5 Å². The van der Waals surface area contributed by atoms with Crippen LogP contribution in [0.2, 0.25) is 0 Å². The molecule has 0 radical (unpaired) electrons. The van der Waals surface area contributed by atoms with E-state index in [1.165, 1.54) is 13.8 Å². The second-order valence-corrected chi connectivity index (χ2v) is 11.9. The van der Waals surface area contributed by atoms with Crippen molar-refractivity contribution in [3.8, 4) is 0 Å². The van der Waals surface area contributed by atoms with Crippen LogP contribution in [-0.4, -0.2) is 48.7 Å². The summed E-state index contributed by atoms with van der Waals surface area (Å²) in [6.07, 6.45) is 3.50. The lowest BCUT2D eigenvalue weighted by atomic mass is 9.45. The minimum absolute atomic E-state index is 0.0483. The molecule has 2 aliphatic carbocycles. The van der Waals surface area contributed by atoms with E-state index in [9.17, 15) is 19.2 Å². The highest BCUT2D eigenvalue weighted by Crippen LogP contribution is 2.68. The smallest absolute Gasteiger partial charge is 0.308 e. The van der Waals surface area contributed by atoms with Gasteiger partial charge in [-0.25, -0.2) is 0 Å². The number of carbonyl (C=O) groups is 4. The summed E-state index contributed by atoms with van der Waals surface area (Å²) in [7, 11) is 0. The van der Waals surface area contributed by atoms with Crippen LogP contribution in [0.4, 0.5) is 0 Å². The van der Waals surface area contributed by atoms with Crippen LogP contribution in [0.25, 0.3) is 0 Å². The largest absolute Gasteiger partial charge is 0.461 e. The number of carbonyl (C=O) groups excluding carboxylic acids is 4. The number of hydrogen-bond acceptors (Lipinski definition) is 9. The van der Waals surface area contributed by atoms with Crippen molar-refractivity contribution in [3.63, 3.8) is 0 Å². The van der Waals surface area contributed by atoms with Gasteiger partial charge in [0.1, 0.15) is 17.6 Å². The molecule has 0 aromatic heterocycles. The van der Waals surface area contributed by atoms with Crippen LogP contribution in [0.3, 0.4) is 0 Å². The minimum Gasteiger partial charge on any atom is -0.461 e. The van der Waals surface area contributed by atoms with Crippen molar-refractivity contribution in [1.29, 1.82) is 0 Å². The third-order valence-corrected chi connectivity index (χ3v) is 9.11. The lowest BCUT2D eigenvalue weighted by Gasteiger charge is -2.61. The van der Waals surface area contributed by atoms with Gasteiger partial charge in [-0.2, -0.15) is 0 Å². The first-order chi connectivity index (χ1) is 19.3. The maximum atomic E-state index is 13.0. The molecule has 0 unspecified atom stereocenters. The molecule has 0 aromatic rings. The van der Waals surface area contributed by atoms with Gasteiger partial charge in [0.25, 0.3) is 0 Å². The van der Waals surface area contributed by atoms with Crippen molar-refractivity contribution in [2.24, 2.45) is 22.7 Å². The molecule has 0 N–H and O–H groups in total. The van der Waals surface area contributed by atoms with Crippen molar-refractivity contribution < 1.29 is 42.9 Å². The fourth-order valence-electron chi connectivity index (χ4n) is 6.99. The highest BCUT2D eigenvalue weighted by Gasteiger charge is 2.72. The summed E-state index contributed by atoms with van der Waals surface area (Å²) in [5.74, 6) is -2.17. The molecule has 1 heterocycles. The third-order valence-electron chi connectivity index (χ3n) is 9.11. The van der Waals surface area contributed by atoms with Gasteiger partial charge in [-0.15, -0.1) is 0 Å². The zero-order chi connectivity index (χ0) is 30.5. The molecule has 2 fully saturated rings. The molecule has 9 heteroatoms. The number of hydrogen-bond donors (Lipinski definition) is 0. The summed E-state index contributed by atoms with van der Waals surface area (Å²) in [6, 6.07) is 0. The van der Waals surface area contributed by atoms with Crippen LogP contribution in [-0.2, 0) is 42.9 Å². The Morgan fingerprint density at radius 3 is 2.15 bits per heavy atom. The summed E-state index contributed by atoms with van der Waals surface area (Å²) < 4.78 is 29.9. The Kier molecular flexibility index (Phi) is 10.6. The van der Waals surface area contributed by atoms with Gasteiger partial charge in [0.15, 0.2) is 0 Å². The lowest BCUT2D eigenvalue weighted by Crippen LogP contribution is -2.64. The van der Waals surface area contributed by atoms with Crippen LogP contribution >= 0.6 is 0 Å². The first-order valence-corrected chi connectivity index (χ1v) is 14.7. The standard InChI is InChI=1S/C32H46O9/c1-9-12-27(35)39-26-16-20(5)31(8,15-14-19(4)11-3)25-18-23(37-21(6)33)17-24-29(40-28(36)13-10-2)41-30(32(24,25)26)38-22(7)34/h11,17,20,23,25-26,29-30H,3-4,9-10,12-16,18H2,1-2,5-8H3/t20-,23+,25+,26+,29+,30-,31-,32-/m0/s1. The summed E-state index contributed by atoms with van der Waals surface area (Å²) in [4.78, 5) is 50.4. The zero-order valence-corrected chi connectivity index (χ0v) is 25.4. The minimum atomic E-state index is -1.20. The molecule has 0 amide bonds. The first kappa shape index (κ1) is 32.6. The van der Waals surface area contributed by atoms with Crippen LogP contribution < -0.4 is 0 Å². The molecule has 0 aromatic carbocycles. The van der Waals surface area contributed by atoms with Gasteiger partial charge in [0, 0.05) is 32.3 Å². The predicted molar refractivity (Wildman–Crippen MR) is 151 cm³/mol. The molecular weight excluding hydrogens is 528 g/mol. The molecular formula is C32H46O9. The van der Waals surface area contributed by atoms with E-state index in [1.54, 1.807) is 12.2 Å². The molecule has 41 heavy (non-hydrogen) atoms. The van der Waals surface area contributed by atoms with E-state index < -0.39 is 53.5 Å². The summed E-state index contributed by atoms with van der Waals surface area (Å²) in [5.41, 5.74) is -0.204. The van der Waals surface area contributed by atoms with Gasteiger partial charge in [-0.05, 0) is 61.9 Å². The maximum Gasteiger partial charge on any atom is 0.308 e. The van der Waals surface area contributed by atoms with Crippen molar-refractivity contribution in [2.45, 2.75) is 118 Å². The molecule has 1 spiro atoms. The van der Waals surface area contributed by atoms with E-state index >= 15 is 0 Å². The Morgan fingerprint density at radius 1 is 0.976 bits per heavy atom. The quantitative estimate of drug-likeness (QED) is 0.125. The normalized spacial score (nSPS) is 33.9. The summed E-state index contributed by atoms with van der Waals surface area (Å²) in [6.45, 7) is 18.6. The van der Waals surface area contributed by atoms with Gasteiger partial charge >= 0.3 is 23.9 Å². The van der Waals surface area contributed by atoms with E-state index in [0.29, 0.717) is 44.1 Å². The Hall–Kier alpha value is -2.94. The molecule has 3 aliphatic rings. The molecule has 1 aliphatic heterocycles. The van der Waals surface area contributed by atoms with E-state index in [0.717, 1.165) is 5.57 Å². The molecule has 9 nitrogen and oxygen atoms in total.